The van der Waals surface area contributed by atoms with Crippen LogP contribution in [-0.4, -0.2) is 40.4 Å². The molecule has 0 spiro atoms. The van der Waals surface area contributed by atoms with Crippen molar-refractivity contribution in [3.05, 3.63) is 70.0 Å². The Morgan fingerprint density at radius 1 is 1.19 bits per heavy atom. The molecule has 32 heavy (non-hydrogen) atoms. The lowest BCUT2D eigenvalue weighted by molar-refractivity contribution is -0.113. The van der Waals surface area contributed by atoms with Gasteiger partial charge in [-0.2, -0.15) is 4.98 Å². The van der Waals surface area contributed by atoms with Crippen LogP contribution in [0.15, 0.2) is 52.4 Å². The first-order valence-electron chi connectivity index (χ1n) is 10.3. The molecule has 0 saturated carbocycles. The molecule has 0 bridgehead atoms. The third-order valence-electron chi connectivity index (χ3n) is 5.27. The van der Waals surface area contributed by atoms with Gasteiger partial charge in [-0.05, 0) is 43.5 Å². The quantitative estimate of drug-likeness (QED) is 0.415. The summed E-state index contributed by atoms with van der Waals surface area (Å²) in [6, 6.07) is 10.8. The number of nitrogens with zero attached hydrogens (tertiary/aromatic N) is 3. The molecule has 4 rings (SSSR count). The highest BCUT2D eigenvalue weighted by atomic mass is 32.2. The Kier molecular flexibility index (Phi) is 6.75. The van der Waals surface area contributed by atoms with Crippen LogP contribution in [0.4, 0.5) is 5.69 Å². The average molecular weight is 453 g/mol. The molecule has 1 N–H and O–H groups in total. The van der Waals surface area contributed by atoms with Crippen LogP contribution in [0.1, 0.15) is 23.4 Å². The highest BCUT2D eigenvalue weighted by Gasteiger charge is 2.23. The van der Waals surface area contributed by atoms with Crippen molar-refractivity contribution in [3.63, 3.8) is 0 Å². The Labute approximate surface area is 190 Å². The summed E-state index contributed by atoms with van der Waals surface area (Å²) in [5.41, 5.74) is 3.12. The molecule has 9 heteroatoms. The molecular weight excluding hydrogens is 428 g/mol. The molecule has 1 aliphatic rings. The molecule has 0 radical (unpaired) electrons. The maximum Gasteiger partial charge on any atom is 0.349 e. The Hall–Kier alpha value is -3.33. The molecule has 1 aromatic carbocycles. The van der Waals surface area contributed by atoms with E-state index in [2.05, 4.69) is 15.3 Å². The first-order chi connectivity index (χ1) is 15.6. The van der Waals surface area contributed by atoms with Gasteiger partial charge in [0.05, 0.1) is 37.9 Å². The predicted octanol–water partition coefficient (Wildman–Crippen LogP) is 2.92. The second kappa shape index (κ2) is 9.86. The summed E-state index contributed by atoms with van der Waals surface area (Å²) in [7, 11) is 3.10. The number of rotatable bonds is 8. The van der Waals surface area contributed by atoms with Crippen molar-refractivity contribution in [3.8, 4) is 11.5 Å². The maximum atomic E-state index is 12.8. The van der Waals surface area contributed by atoms with Crippen LogP contribution in [0.25, 0.3) is 0 Å². The number of methoxy groups -OCH3 is 2. The molecule has 2 heterocycles. The second-order valence-electron chi connectivity index (χ2n) is 7.29. The molecular formula is C23H24N4O4S. The molecule has 1 amide bonds. The van der Waals surface area contributed by atoms with Gasteiger partial charge in [-0.15, -0.1) is 0 Å². The van der Waals surface area contributed by atoms with E-state index in [4.69, 9.17) is 9.47 Å². The van der Waals surface area contributed by atoms with Crippen molar-refractivity contribution in [1.29, 1.82) is 0 Å². The Bertz CT molecular complexity index is 1180. The first kappa shape index (κ1) is 21.9. The largest absolute Gasteiger partial charge is 0.497 e. The van der Waals surface area contributed by atoms with Gasteiger partial charge in [-0.1, -0.05) is 17.8 Å². The van der Waals surface area contributed by atoms with E-state index in [0.29, 0.717) is 28.8 Å². The zero-order chi connectivity index (χ0) is 22.5. The first-order valence-corrected chi connectivity index (χ1v) is 11.2. The van der Waals surface area contributed by atoms with Gasteiger partial charge in [-0.25, -0.2) is 4.79 Å². The number of ether oxygens (including phenoxy) is 2. The summed E-state index contributed by atoms with van der Waals surface area (Å²) in [4.78, 5) is 34.0. The zero-order valence-electron chi connectivity index (χ0n) is 18.0. The van der Waals surface area contributed by atoms with E-state index >= 15 is 0 Å². The van der Waals surface area contributed by atoms with Gasteiger partial charge >= 0.3 is 5.69 Å². The lowest BCUT2D eigenvalue weighted by Gasteiger charge is -2.14. The topological polar surface area (TPSA) is 95.3 Å². The van der Waals surface area contributed by atoms with E-state index < -0.39 is 0 Å². The number of nitrogens with one attached hydrogen (secondary N) is 1. The summed E-state index contributed by atoms with van der Waals surface area (Å²) in [6.45, 7) is 0.400. The third kappa shape index (κ3) is 4.77. The lowest BCUT2D eigenvalue weighted by atomic mass is 10.2. The molecule has 166 valence electrons. The van der Waals surface area contributed by atoms with Gasteiger partial charge in [0.25, 0.3) is 0 Å². The Morgan fingerprint density at radius 2 is 2.06 bits per heavy atom. The van der Waals surface area contributed by atoms with Crippen LogP contribution in [0.5, 0.6) is 11.5 Å². The summed E-state index contributed by atoms with van der Waals surface area (Å²) >= 11 is 1.29. The fourth-order valence-corrected chi connectivity index (χ4v) is 4.62. The van der Waals surface area contributed by atoms with Gasteiger partial charge in [0.2, 0.25) is 5.91 Å². The minimum atomic E-state index is -0.309. The normalized spacial score (nSPS) is 12.3. The number of carbonyl (C=O) groups excluding carboxylic acids is 1. The highest BCUT2D eigenvalue weighted by molar-refractivity contribution is 8.00. The minimum Gasteiger partial charge on any atom is -0.497 e. The number of hydrogen-bond acceptors (Lipinski definition) is 7. The number of anilines is 1. The smallest absolute Gasteiger partial charge is 0.349 e. The van der Waals surface area contributed by atoms with E-state index in [9.17, 15) is 9.59 Å². The number of thioether (sulfide) groups is 1. The minimum absolute atomic E-state index is 0.137. The molecule has 0 aliphatic heterocycles. The van der Waals surface area contributed by atoms with Crippen molar-refractivity contribution in [2.24, 2.45) is 0 Å². The van der Waals surface area contributed by atoms with Crippen molar-refractivity contribution in [2.75, 3.05) is 25.3 Å². The summed E-state index contributed by atoms with van der Waals surface area (Å²) < 4.78 is 12.2. The monoisotopic (exact) mass is 452 g/mol. The summed E-state index contributed by atoms with van der Waals surface area (Å²) in [6.07, 6.45) is 4.35. The van der Waals surface area contributed by atoms with Gasteiger partial charge in [0, 0.05) is 23.5 Å². The van der Waals surface area contributed by atoms with Gasteiger partial charge in [-0.3, -0.25) is 14.3 Å². The highest BCUT2D eigenvalue weighted by Crippen LogP contribution is 2.31. The van der Waals surface area contributed by atoms with Crippen LogP contribution in [0, 0.1) is 0 Å². The third-order valence-corrected chi connectivity index (χ3v) is 6.29. The van der Waals surface area contributed by atoms with E-state index in [1.165, 1.54) is 18.9 Å². The molecule has 0 saturated heterocycles. The van der Waals surface area contributed by atoms with Gasteiger partial charge in [0.15, 0.2) is 0 Å². The lowest BCUT2D eigenvalue weighted by Crippen LogP contribution is -2.28. The SMILES string of the molecule is COc1ccc(NC(=O)CSc2nc(=O)n(Cc3ccccn3)c3c2CCC3)c(OC)c1. The molecule has 0 unspecified atom stereocenters. The molecule has 1 aliphatic carbocycles. The Morgan fingerprint density at radius 3 is 2.81 bits per heavy atom. The number of aromatic nitrogens is 3. The van der Waals surface area contributed by atoms with Crippen LogP contribution in [-0.2, 0) is 24.2 Å². The zero-order valence-corrected chi connectivity index (χ0v) is 18.8. The van der Waals surface area contributed by atoms with E-state index in [-0.39, 0.29) is 17.3 Å². The van der Waals surface area contributed by atoms with Crippen LogP contribution in [0.3, 0.4) is 0 Å². The number of amides is 1. The molecule has 0 fully saturated rings. The second-order valence-corrected chi connectivity index (χ2v) is 8.25. The van der Waals surface area contributed by atoms with E-state index in [1.54, 1.807) is 36.1 Å². The Balaban J connectivity index is 1.48. The maximum absolute atomic E-state index is 12.8. The van der Waals surface area contributed by atoms with E-state index in [0.717, 1.165) is 36.2 Å². The number of fused-ring (bicyclic) bond motifs is 1. The molecule has 2 aromatic heterocycles. The average Bonchev–Trinajstić information content (AvgIpc) is 3.31. The summed E-state index contributed by atoms with van der Waals surface area (Å²) in [5, 5.41) is 3.49. The van der Waals surface area contributed by atoms with Crippen molar-refractivity contribution >= 4 is 23.4 Å². The molecule has 3 aromatic rings. The number of hydrogen-bond donors (Lipinski definition) is 1. The fraction of sp³-hybridized carbons (Fsp3) is 0.304. The predicted molar refractivity (Wildman–Crippen MR) is 123 cm³/mol. The van der Waals surface area contributed by atoms with E-state index in [1.807, 2.05) is 18.2 Å². The number of pyridine rings is 1. The fourth-order valence-electron chi connectivity index (χ4n) is 3.74. The molecule has 0 atom stereocenters. The van der Waals surface area contributed by atoms with Crippen LogP contribution >= 0.6 is 11.8 Å². The summed E-state index contributed by atoms with van der Waals surface area (Å²) in [5.74, 6) is 1.09. The van der Waals surface area contributed by atoms with Gasteiger partial charge < -0.3 is 14.8 Å². The van der Waals surface area contributed by atoms with Crippen molar-refractivity contribution in [1.82, 2.24) is 14.5 Å². The van der Waals surface area contributed by atoms with Crippen molar-refractivity contribution < 1.29 is 14.3 Å². The molecule has 8 nitrogen and oxygen atoms in total. The number of carbonyl (C=O) groups is 1. The van der Waals surface area contributed by atoms with Gasteiger partial charge in [0.1, 0.15) is 16.5 Å². The standard InChI is InChI=1S/C23H24N4O4S/c1-30-16-9-10-18(20(12-16)31-2)25-21(28)14-32-22-17-7-5-8-19(17)27(23(29)26-22)13-15-6-3-4-11-24-15/h3-4,6,9-12H,5,7-8,13-14H2,1-2H3,(H,25,28). The van der Waals surface area contributed by atoms with Crippen LogP contribution < -0.4 is 20.5 Å². The number of benzene rings is 1. The van der Waals surface area contributed by atoms with Crippen molar-refractivity contribution in [2.45, 2.75) is 30.8 Å². The van der Waals surface area contributed by atoms with Crippen LogP contribution in [0.2, 0.25) is 0 Å².